The molecule has 1 aliphatic rings. The van der Waals surface area contributed by atoms with Crippen molar-refractivity contribution < 1.29 is 14.3 Å². The minimum atomic E-state index is -0.218. The van der Waals surface area contributed by atoms with Gasteiger partial charge in [-0.3, -0.25) is 4.79 Å². The first kappa shape index (κ1) is 19.1. The van der Waals surface area contributed by atoms with Gasteiger partial charge >= 0.3 is 0 Å². The minimum Gasteiger partial charge on any atom is -0.497 e. The number of aromatic nitrogens is 3. The van der Waals surface area contributed by atoms with E-state index in [1.54, 1.807) is 11.8 Å². The third kappa shape index (κ3) is 4.30. The van der Waals surface area contributed by atoms with E-state index in [9.17, 15) is 4.79 Å². The second-order valence-corrected chi connectivity index (χ2v) is 7.13. The molecule has 1 aromatic heterocycles. The van der Waals surface area contributed by atoms with Gasteiger partial charge in [0, 0.05) is 6.54 Å². The molecule has 0 unspecified atom stereocenters. The number of methoxy groups -OCH3 is 1. The lowest BCUT2D eigenvalue weighted by Gasteiger charge is -2.24. The molecule has 3 aromatic rings. The molecule has 1 atom stereocenters. The Bertz CT molecular complexity index is 980. The molecule has 0 spiro atoms. The lowest BCUT2D eigenvalue weighted by atomic mass is 10.1. The molecule has 7 nitrogen and oxygen atoms in total. The van der Waals surface area contributed by atoms with Crippen molar-refractivity contribution in [2.75, 3.05) is 13.7 Å². The fraction of sp³-hybridized carbons (Fsp3) is 0.318. The SMILES string of the molecule is COc1ccc([C@@H]2Cn3nnc(C(=O)NCCc4ccc(C)cc4)c3CO2)cc1. The van der Waals surface area contributed by atoms with Crippen LogP contribution in [0.5, 0.6) is 5.75 Å². The van der Waals surface area contributed by atoms with Crippen LogP contribution < -0.4 is 10.1 Å². The number of hydrogen-bond donors (Lipinski definition) is 1. The Morgan fingerprint density at radius 2 is 1.97 bits per heavy atom. The van der Waals surface area contributed by atoms with Gasteiger partial charge in [0.05, 0.1) is 26.0 Å². The molecular formula is C22H24N4O3. The molecule has 1 amide bonds. The van der Waals surface area contributed by atoms with Gasteiger partial charge in [0.1, 0.15) is 11.9 Å². The third-order valence-corrected chi connectivity index (χ3v) is 5.12. The molecule has 2 heterocycles. The molecule has 0 bridgehead atoms. The molecule has 0 saturated heterocycles. The monoisotopic (exact) mass is 392 g/mol. The zero-order valence-electron chi connectivity index (χ0n) is 16.6. The van der Waals surface area contributed by atoms with Gasteiger partial charge in [-0.2, -0.15) is 0 Å². The number of amides is 1. The van der Waals surface area contributed by atoms with E-state index in [4.69, 9.17) is 9.47 Å². The number of carbonyl (C=O) groups is 1. The largest absolute Gasteiger partial charge is 0.497 e. The van der Waals surface area contributed by atoms with E-state index in [0.29, 0.717) is 31.1 Å². The standard InChI is InChI=1S/C22H24N4O3/c1-15-3-5-16(6-4-15)11-12-23-22(27)21-19-14-29-20(13-26(19)25-24-21)17-7-9-18(28-2)10-8-17/h3-10,20H,11-14H2,1-2H3,(H,23,27)/t20-/m0/s1. The molecule has 29 heavy (non-hydrogen) atoms. The summed E-state index contributed by atoms with van der Waals surface area (Å²) in [7, 11) is 1.64. The topological polar surface area (TPSA) is 78.3 Å². The Balaban J connectivity index is 1.36. The first-order valence-corrected chi connectivity index (χ1v) is 9.65. The maximum absolute atomic E-state index is 12.5. The fourth-order valence-corrected chi connectivity index (χ4v) is 3.37. The van der Waals surface area contributed by atoms with Crippen LogP contribution in [-0.4, -0.2) is 34.6 Å². The number of carbonyl (C=O) groups excluding carboxylic acids is 1. The highest BCUT2D eigenvalue weighted by Gasteiger charge is 2.27. The summed E-state index contributed by atoms with van der Waals surface area (Å²) in [6, 6.07) is 16.1. The van der Waals surface area contributed by atoms with Crippen LogP contribution in [0.4, 0.5) is 0 Å². The Morgan fingerprint density at radius 3 is 2.69 bits per heavy atom. The molecule has 7 heteroatoms. The van der Waals surface area contributed by atoms with Crippen molar-refractivity contribution >= 4 is 5.91 Å². The zero-order valence-corrected chi connectivity index (χ0v) is 16.6. The van der Waals surface area contributed by atoms with Gasteiger partial charge in [-0.1, -0.05) is 47.2 Å². The average Bonchev–Trinajstić information content (AvgIpc) is 3.18. The van der Waals surface area contributed by atoms with Gasteiger partial charge in [0.2, 0.25) is 0 Å². The number of fused-ring (bicyclic) bond motifs is 1. The summed E-state index contributed by atoms with van der Waals surface area (Å²) in [5.74, 6) is 0.584. The van der Waals surface area contributed by atoms with Crippen LogP contribution in [0.25, 0.3) is 0 Å². The van der Waals surface area contributed by atoms with Crippen LogP contribution in [0.1, 0.15) is 39.0 Å². The number of nitrogens with one attached hydrogen (secondary N) is 1. The van der Waals surface area contributed by atoms with Crippen molar-refractivity contribution in [1.82, 2.24) is 20.3 Å². The van der Waals surface area contributed by atoms with E-state index in [0.717, 1.165) is 17.7 Å². The van der Waals surface area contributed by atoms with E-state index >= 15 is 0 Å². The van der Waals surface area contributed by atoms with E-state index < -0.39 is 0 Å². The summed E-state index contributed by atoms with van der Waals surface area (Å²) in [5, 5.41) is 11.2. The number of benzene rings is 2. The fourth-order valence-electron chi connectivity index (χ4n) is 3.37. The Morgan fingerprint density at radius 1 is 1.21 bits per heavy atom. The lowest BCUT2D eigenvalue weighted by molar-refractivity contribution is -0.00179. The quantitative estimate of drug-likeness (QED) is 0.698. The normalized spacial score (nSPS) is 15.6. The van der Waals surface area contributed by atoms with Crippen molar-refractivity contribution in [2.24, 2.45) is 0 Å². The predicted octanol–water partition coefficient (Wildman–Crippen LogP) is 2.84. The lowest BCUT2D eigenvalue weighted by Crippen LogP contribution is -2.29. The van der Waals surface area contributed by atoms with Crippen molar-refractivity contribution in [2.45, 2.75) is 32.6 Å². The highest BCUT2D eigenvalue weighted by atomic mass is 16.5. The minimum absolute atomic E-state index is 0.132. The summed E-state index contributed by atoms with van der Waals surface area (Å²) in [6.45, 7) is 3.42. The summed E-state index contributed by atoms with van der Waals surface area (Å²) < 4.78 is 12.9. The maximum Gasteiger partial charge on any atom is 0.273 e. The average molecular weight is 392 g/mol. The maximum atomic E-state index is 12.5. The first-order valence-electron chi connectivity index (χ1n) is 9.65. The Hall–Kier alpha value is -3.19. The first-order chi connectivity index (χ1) is 14.1. The summed E-state index contributed by atoms with van der Waals surface area (Å²) in [4.78, 5) is 12.5. The molecule has 150 valence electrons. The molecule has 1 aliphatic heterocycles. The van der Waals surface area contributed by atoms with Crippen molar-refractivity contribution in [3.05, 3.63) is 76.6 Å². The van der Waals surface area contributed by atoms with Crippen molar-refractivity contribution in [1.29, 1.82) is 0 Å². The van der Waals surface area contributed by atoms with E-state index in [2.05, 4.69) is 46.8 Å². The molecule has 0 saturated carbocycles. The third-order valence-electron chi connectivity index (χ3n) is 5.12. The van der Waals surface area contributed by atoms with Gasteiger partial charge in [-0.05, 0) is 36.6 Å². The highest BCUT2D eigenvalue weighted by Crippen LogP contribution is 2.28. The molecule has 1 N–H and O–H groups in total. The van der Waals surface area contributed by atoms with Gasteiger partial charge in [0.15, 0.2) is 5.69 Å². The number of rotatable bonds is 6. The number of hydrogen-bond acceptors (Lipinski definition) is 5. The second kappa shape index (κ2) is 8.45. The smallest absolute Gasteiger partial charge is 0.273 e. The number of nitrogens with zero attached hydrogens (tertiary/aromatic N) is 3. The van der Waals surface area contributed by atoms with Crippen LogP contribution in [0.2, 0.25) is 0 Å². The highest BCUT2D eigenvalue weighted by molar-refractivity contribution is 5.93. The molecule has 0 radical (unpaired) electrons. The molecule has 0 fully saturated rings. The Kier molecular flexibility index (Phi) is 5.57. The molecule has 0 aliphatic carbocycles. The Labute approximate surface area is 169 Å². The van der Waals surface area contributed by atoms with Crippen LogP contribution in [-0.2, 0) is 24.3 Å². The van der Waals surface area contributed by atoms with Crippen LogP contribution in [0.3, 0.4) is 0 Å². The van der Waals surface area contributed by atoms with Crippen LogP contribution >= 0.6 is 0 Å². The predicted molar refractivity (Wildman–Crippen MR) is 108 cm³/mol. The zero-order chi connectivity index (χ0) is 20.2. The van der Waals surface area contributed by atoms with E-state index in [-0.39, 0.29) is 12.0 Å². The summed E-state index contributed by atoms with van der Waals surface area (Å²) >= 11 is 0. The van der Waals surface area contributed by atoms with Crippen LogP contribution in [0, 0.1) is 6.92 Å². The van der Waals surface area contributed by atoms with Gasteiger partial charge in [0.25, 0.3) is 5.91 Å². The van der Waals surface area contributed by atoms with E-state index in [1.807, 2.05) is 24.3 Å². The summed E-state index contributed by atoms with van der Waals surface area (Å²) in [6.07, 6.45) is 0.637. The van der Waals surface area contributed by atoms with Crippen LogP contribution in [0.15, 0.2) is 48.5 Å². The molecule has 4 rings (SSSR count). The number of aryl methyl sites for hydroxylation is 1. The van der Waals surface area contributed by atoms with E-state index in [1.165, 1.54) is 11.1 Å². The molecular weight excluding hydrogens is 368 g/mol. The number of ether oxygens (including phenoxy) is 2. The van der Waals surface area contributed by atoms with Crippen molar-refractivity contribution in [3.8, 4) is 5.75 Å². The van der Waals surface area contributed by atoms with Gasteiger partial charge in [-0.25, -0.2) is 4.68 Å². The second-order valence-electron chi connectivity index (χ2n) is 7.13. The summed E-state index contributed by atoms with van der Waals surface area (Å²) in [5.41, 5.74) is 4.49. The van der Waals surface area contributed by atoms with Gasteiger partial charge in [-0.15, -0.1) is 5.10 Å². The molecule has 2 aromatic carbocycles. The van der Waals surface area contributed by atoms with Crippen molar-refractivity contribution in [3.63, 3.8) is 0 Å². The van der Waals surface area contributed by atoms with Gasteiger partial charge < -0.3 is 14.8 Å².